The molecular formula is C34H30SeSi2. The first-order valence-corrected chi connectivity index (χ1v) is 22.1. The fourth-order valence-electron chi connectivity index (χ4n) is 6.93. The third-order valence-corrected chi connectivity index (χ3v) is 15.2. The minimum absolute atomic E-state index is 0.298. The summed E-state index contributed by atoms with van der Waals surface area (Å²) in [5, 5.41) is 19.9. The van der Waals surface area contributed by atoms with Crippen molar-refractivity contribution in [3.05, 3.63) is 72.8 Å². The van der Waals surface area contributed by atoms with Crippen molar-refractivity contribution in [2.75, 3.05) is 0 Å². The van der Waals surface area contributed by atoms with Gasteiger partial charge in [0.15, 0.2) is 0 Å². The summed E-state index contributed by atoms with van der Waals surface area (Å²) in [5.74, 6) is 0. The van der Waals surface area contributed by atoms with Crippen molar-refractivity contribution in [3.63, 3.8) is 0 Å². The Labute approximate surface area is 225 Å². The average Bonchev–Trinajstić information content (AvgIpc) is 3.46. The van der Waals surface area contributed by atoms with Crippen molar-refractivity contribution < 1.29 is 0 Å². The Kier molecular flexibility index (Phi) is 4.24. The van der Waals surface area contributed by atoms with Crippen LogP contribution in [-0.2, 0) is 0 Å². The van der Waals surface area contributed by atoms with Crippen LogP contribution >= 0.6 is 0 Å². The summed E-state index contributed by atoms with van der Waals surface area (Å²) < 4.78 is 3.13. The van der Waals surface area contributed by atoms with E-state index >= 15 is 0 Å². The predicted octanol–water partition coefficient (Wildman–Crippen LogP) is 8.73. The molecule has 0 amide bonds. The van der Waals surface area contributed by atoms with Crippen LogP contribution in [0.5, 0.6) is 0 Å². The zero-order valence-corrected chi connectivity index (χ0v) is 26.0. The summed E-state index contributed by atoms with van der Waals surface area (Å²) in [5.41, 5.74) is 1.39. The van der Waals surface area contributed by atoms with E-state index in [-0.39, 0.29) is 0 Å². The summed E-state index contributed by atoms with van der Waals surface area (Å²) in [7, 11) is -3.14. The summed E-state index contributed by atoms with van der Waals surface area (Å²) in [6.45, 7) is 15.1. The standard InChI is InChI=1S/C34H30SeSi2/c1-36(2,3)27-17-23-24-16-26(19-10-8-7-9-11-19)35-34(24)25-18-28(37(4,5)6)22-15-13-20-12-14-21(27)30-29(20)31(22)33(25)32(23)30/h7-18H,1-6H3. The van der Waals surface area contributed by atoms with E-state index in [9.17, 15) is 0 Å². The zero-order valence-electron chi connectivity index (χ0n) is 22.3. The van der Waals surface area contributed by atoms with Gasteiger partial charge in [-0.2, -0.15) is 0 Å². The number of benzene rings is 6. The zero-order chi connectivity index (χ0) is 25.4. The number of hydrogen-bond donors (Lipinski definition) is 0. The van der Waals surface area contributed by atoms with Gasteiger partial charge in [-0.15, -0.1) is 0 Å². The summed E-state index contributed by atoms with van der Waals surface area (Å²) in [6.07, 6.45) is 0. The molecule has 0 saturated heterocycles. The molecule has 0 spiro atoms. The normalized spacial score (nSPS) is 13.7. The van der Waals surface area contributed by atoms with Crippen LogP contribution in [0.4, 0.5) is 0 Å². The maximum atomic E-state index is 2.64. The minimum atomic E-state index is -1.57. The first kappa shape index (κ1) is 22.3. The molecule has 180 valence electrons. The molecule has 0 atom stereocenters. The van der Waals surface area contributed by atoms with E-state index in [2.05, 4.69) is 112 Å². The predicted molar refractivity (Wildman–Crippen MR) is 173 cm³/mol. The Bertz CT molecular complexity index is 2010. The molecule has 8 rings (SSSR count). The van der Waals surface area contributed by atoms with Crippen LogP contribution in [-0.4, -0.2) is 30.7 Å². The molecule has 3 heteroatoms. The van der Waals surface area contributed by atoms with Crippen LogP contribution in [0.1, 0.15) is 0 Å². The third-order valence-electron chi connectivity index (χ3n) is 8.57. The molecule has 0 radical (unpaired) electrons. The Hall–Kier alpha value is -2.69. The molecule has 7 aromatic carbocycles. The molecule has 37 heavy (non-hydrogen) atoms. The molecule has 0 saturated carbocycles. The molecule has 0 nitrogen and oxygen atoms in total. The Morgan fingerprint density at radius 1 is 0.486 bits per heavy atom. The van der Waals surface area contributed by atoms with E-state index < -0.39 is 16.1 Å². The van der Waals surface area contributed by atoms with Crippen LogP contribution in [0.15, 0.2) is 72.8 Å². The van der Waals surface area contributed by atoms with E-state index in [1.807, 2.05) is 0 Å². The molecule has 0 bridgehead atoms. The maximum absolute atomic E-state index is 2.64. The summed E-state index contributed by atoms with van der Waals surface area (Å²) in [6, 6.07) is 28.6. The van der Waals surface area contributed by atoms with Crippen molar-refractivity contribution in [2.45, 2.75) is 39.3 Å². The number of hydrogen-bond acceptors (Lipinski definition) is 0. The monoisotopic (exact) mass is 574 g/mol. The second-order valence-electron chi connectivity index (χ2n) is 13.0. The van der Waals surface area contributed by atoms with E-state index in [0.717, 1.165) is 0 Å². The van der Waals surface area contributed by atoms with Crippen molar-refractivity contribution in [1.29, 1.82) is 0 Å². The van der Waals surface area contributed by atoms with E-state index in [4.69, 9.17) is 0 Å². The third kappa shape index (κ3) is 2.84. The Morgan fingerprint density at radius 3 is 1.62 bits per heavy atom. The number of fused-ring (bicyclic) bond motifs is 3. The van der Waals surface area contributed by atoms with Crippen LogP contribution in [0, 0.1) is 0 Å². The van der Waals surface area contributed by atoms with Gasteiger partial charge in [-0.1, -0.05) is 0 Å². The topological polar surface area (TPSA) is 0 Å². The second-order valence-corrected chi connectivity index (χ2v) is 25.3. The van der Waals surface area contributed by atoms with Crippen molar-refractivity contribution in [3.8, 4) is 10.0 Å². The van der Waals surface area contributed by atoms with Gasteiger partial charge in [0.05, 0.1) is 0 Å². The van der Waals surface area contributed by atoms with Crippen molar-refractivity contribution >= 4 is 105 Å². The second kappa shape index (κ2) is 7.04. The summed E-state index contributed by atoms with van der Waals surface area (Å²) in [4.78, 5) is 0. The fraction of sp³-hybridized carbons (Fsp3) is 0.176. The molecule has 0 aliphatic heterocycles. The molecular weight excluding hydrogens is 544 g/mol. The van der Waals surface area contributed by atoms with Crippen LogP contribution in [0.25, 0.3) is 73.5 Å². The van der Waals surface area contributed by atoms with Crippen LogP contribution in [0.3, 0.4) is 0 Å². The Morgan fingerprint density at radius 2 is 1.03 bits per heavy atom. The first-order valence-electron chi connectivity index (χ1n) is 13.4. The quantitative estimate of drug-likeness (QED) is 0.146. The van der Waals surface area contributed by atoms with Crippen molar-refractivity contribution in [1.82, 2.24) is 0 Å². The molecule has 0 unspecified atom stereocenters. The Balaban J connectivity index is 1.72. The SMILES string of the molecule is C[Si](C)(C)c1cc2c3cc(-c4ccccc4)[se]c3c3cc([Si](C)(C)C)c4ccc5ccc1c1c5c4c3c21. The molecule has 0 fully saturated rings. The van der Waals surface area contributed by atoms with Gasteiger partial charge in [0.25, 0.3) is 0 Å². The van der Waals surface area contributed by atoms with Gasteiger partial charge in [-0.25, -0.2) is 0 Å². The average molecular weight is 574 g/mol. The van der Waals surface area contributed by atoms with E-state index in [1.165, 1.54) is 47.7 Å². The summed E-state index contributed by atoms with van der Waals surface area (Å²) >= 11 is 0.298. The number of rotatable bonds is 3. The van der Waals surface area contributed by atoms with Gasteiger partial charge in [-0.3, -0.25) is 0 Å². The molecule has 0 aliphatic rings. The van der Waals surface area contributed by atoms with Gasteiger partial charge >= 0.3 is 227 Å². The van der Waals surface area contributed by atoms with Gasteiger partial charge in [-0.05, 0) is 0 Å². The molecule has 0 N–H and O–H groups in total. The van der Waals surface area contributed by atoms with Gasteiger partial charge in [0, 0.05) is 0 Å². The van der Waals surface area contributed by atoms with Crippen LogP contribution < -0.4 is 10.4 Å². The first-order chi connectivity index (χ1) is 17.6. The van der Waals surface area contributed by atoms with Crippen LogP contribution in [0.2, 0.25) is 39.3 Å². The molecule has 8 aromatic rings. The molecule has 1 aromatic heterocycles. The molecule has 1 heterocycles. The van der Waals surface area contributed by atoms with E-state index in [0.29, 0.717) is 14.5 Å². The van der Waals surface area contributed by atoms with Gasteiger partial charge in [0.1, 0.15) is 0 Å². The fourth-order valence-corrected chi connectivity index (χ4v) is 12.6. The molecule has 0 aliphatic carbocycles. The van der Waals surface area contributed by atoms with Gasteiger partial charge < -0.3 is 0 Å². The van der Waals surface area contributed by atoms with Gasteiger partial charge in [0.2, 0.25) is 0 Å². The van der Waals surface area contributed by atoms with E-state index in [1.54, 1.807) is 36.2 Å². The van der Waals surface area contributed by atoms with Crippen molar-refractivity contribution in [2.24, 2.45) is 0 Å².